The molecule has 1 aliphatic rings. The number of thiocarbonyl (C=S) groups is 1. The van der Waals surface area contributed by atoms with Crippen LogP contribution in [-0.4, -0.2) is 16.8 Å². The smallest absolute Gasteiger partial charge is 0.131 e. The van der Waals surface area contributed by atoms with Gasteiger partial charge in [0.2, 0.25) is 0 Å². The Kier molecular flexibility index (Phi) is 6.37. The molecule has 2 nitrogen and oxygen atoms in total. The van der Waals surface area contributed by atoms with Gasteiger partial charge in [-0.1, -0.05) is 45.0 Å². The van der Waals surface area contributed by atoms with E-state index in [1.165, 1.54) is 19.3 Å². The first kappa shape index (κ1) is 16.6. The maximum absolute atomic E-state index is 6.29. The summed E-state index contributed by atoms with van der Waals surface area (Å²) in [6, 6.07) is 6.12. The highest BCUT2D eigenvalue weighted by Gasteiger charge is 2.23. The molecular weight excluding hydrogens is 298 g/mol. The van der Waals surface area contributed by atoms with Gasteiger partial charge < -0.3 is 10.5 Å². The van der Waals surface area contributed by atoms with Crippen LogP contribution >= 0.6 is 24.0 Å². The van der Waals surface area contributed by atoms with Gasteiger partial charge in [0, 0.05) is 4.90 Å². The molecule has 0 spiro atoms. The van der Waals surface area contributed by atoms with Crippen molar-refractivity contribution in [2.45, 2.75) is 57.0 Å². The Labute approximate surface area is 137 Å². The molecule has 2 N–H and O–H groups in total. The third-order valence-corrected chi connectivity index (χ3v) is 5.28. The van der Waals surface area contributed by atoms with Gasteiger partial charge in [-0.3, -0.25) is 0 Å². The van der Waals surface area contributed by atoms with Crippen LogP contribution in [-0.2, 0) is 0 Å². The molecule has 1 aromatic carbocycles. The molecule has 0 aliphatic heterocycles. The van der Waals surface area contributed by atoms with Gasteiger partial charge in [-0.15, -0.1) is 11.8 Å². The van der Waals surface area contributed by atoms with Gasteiger partial charge in [0.15, 0.2) is 0 Å². The van der Waals surface area contributed by atoms with Crippen molar-refractivity contribution in [3.05, 3.63) is 23.8 Å². The third kappa shape index (κ3) is 4.36. The van der Waals surface area contributed by atoms with Crippen molar-refractivity contribution in [3.8, 4) is 5.75 Å². The van der Waals surface area contributed by atoms with E-state index in [1.807, 2.05) is 12.1 Å². The Morgan fingerprint density at radius 3 is 2.86 bits per heavy atom. The summed E-state index contributed by atoms with van der Waals surface area (Å²) in [5.41, 5.74) is 6.86. The first-order valence-corrected chi connectivity index (χ1v) is 9.27. The van der Waals surface area contributed by atoms with Crippen LogP contribution in [0.25, 0.3) is 0 Å². The van der Waals surface area contributed by atoms with Gasteiger partial charge in [-0.2, -0.15) is 0 Å². The van der Waals surface area contributed by atoms with Gasteiger partial charge in [0.25, 0.3) is 0 Å². The van der Waals surface area contributed by atoms with Crippen LogP contribution in [0.2, 0.25) is 0 Å². The second-order valence-electron chi connectivity index (χ2n) is 5.61. The minimum absolute atomic E-state index is 0.304. The van der Waals surface area contributed by atoms with Crippen LogP contribution in [0.3, 0.4) is 0 Å². The fourth-order valence-corrected chi connectivity index (χ4v) is 4.14. The molecule has 1 saturated carbocycles. The maximum atomic E-state index is 6.29. The minimum atomic E-state index is 0.304. The standard InChI is InChI=1S/C17H25NOS2/c1-3-12-7-5-8-13(11-12)19-14-9-6-10-15(21-4-2)16(14)17(18)20/h6,9-10,12-13H,3-5,7-8,11H2,1-2H3,(H2,18,20). The van der Waals surface area contributed by atoms with Crippen molar-refractivity contribution in [1.29, 1.82) is 0 Å². The highest BCUT2D eigenvalue weighted by atomic mass is 32.2. The number of rotatable bonds is 6. The second kappa shape index (κ2) is 8.04. The van der Waals surface area contributed by atoms with Gasteiger partial charge in [0.05, 0.1) is 11.7 Å². The zero-order valence-electron chi connectivity index (χ0n) is 12.9. The molecule has 4 heteroatoms. The molecule has 0 amide bonds. The largest absolute Gasteiger partial charge is 0.490 e. The van der Waals surface area contributed by atoms with Crippen molar-refractivity contribution >= 4 is 29.0 Å². The molecule has 0 saturated heterocycles. The molecule has 2 rings (SSSR count). The van der Waals surface area contributed by atoms with Gasteiger partial charge in [-0.05, 0) is 43.1 Å². The van der Waals surface area contributed by atoms with Crippen LogP contribution < -0.4 is 10.5 Å². The number of hydrogen-bond donors (Lipinski definition) is 1. The molecule has 2 atom stereocenters. The fraction of sp³-hybridized carbons (Fsp3) is 0.588. The van der Waals surface area contributed by atoms with Crippen LogP contribution in [0.15, 0.2) is 23.1 Å². The first-order valence-electron chi connectivity index (χ1n) is 7.87. The maximum Gasteiger partial charge on any atom is 0.131 e. The highest BCUT2D eigenvalue weighted by Crippen LogP contribution is 2.34. The third-order valence-electron chi connectivity index (χ3n) is 4.14. The second-order valence-corrected chi connectivity index (χ2v) is 7.35. The SMILES string of the molecule is CCSc1cccc(OC2CCCC(CC)C2)c1C(N)=S. The number of thioether (sulfide) groups is 1. The zero-order valence-corrected chi connectivity index (χ0v) is 14.6. The predicted molar refractivity (Wildman–Crippen MR) is 95.4 cm³/mol. The first-order chi connectivity index (χ1) is 10.2. The molecule has 1 fully saturated rings. The predicted octanol–water partition coefficient (Wildman–Crippen LogP) is 4.78. The van der Waals surface area contributed by atoms with Crippen molar-refractivity contribution in [1.82, 2.24) is 0 Å². The monoisotopic (exact) mass is 323 g/mol. The quantitative estimate of drug-likeness (QED) is 0.603. The fourth-order valence-electron chi connectivity index (χ4n) is 3.03. The zero-order chi connectivity index (χ0) is 15.2. The van der Waals surface area contributed by atoms with E-state index in [9.17, 15) is 0 Å². The summed E-state index contributed by atoms with van der Waals surface area (Å²) in [6.07, 6.45) is 6.43. The molecule has 0 radical (unpaired) electrons. The molecule has 1 aromatic rings. The molecule has 0 bridgehead atoms. The summed E-state index contributed by atoms with van der Waals surface area (Å²) in [5, 5.41) is 0. The van der Waals surface area contributed by atoms with Crippen molar-refractivity contribution in [3.63, 3.8) is 0 Å². The lowest BCUT2D eigenvalue weighted by atomic mass is 9.85. The van der Waals surface area contributed by atoms with E-state index in [2.05, 4.69) is 19.9 Å². The Hall–Kier alpha value is -0.740. The normalized spacial score (nSPS) is 22.0. The van der Waals surface area contributed by atoms with Crippen LogP contribution in [0, 0.1) is 5.92 Å². The minimum Gasteiger partial charge on any atom is -0.490 e. The average Bonchev–Trinajstić information content (AvgIpc) is 2.47. The van der Waals surface area contributed by atoms with Crippen LogP contribution in [0.5, 0.6) is 5.75 Å². The molecule has 116 valence electrons. The summed E-state index contributed by atoms with van der Waals surface area (Å²) in [4.78, 5) is 1.56. The van der Waals surface area contributed by atoms with Crippen LogP contribution in [0.4, 0.5) is 0 Å². The topological polar surface area (TPSA) is 35.2 Å². The Morgan fingerprint density at radius 1 is 1.38 bits per heavy atom. The molecule has 0 aromatic heterocycles. The molecule has 1 aliphatic carbocycles. The van der Waals surface area contributed by atoms with E-state index in [1.54, 1.807) is 11.8 Å². The van der Waals surface area contributed by atoms with Crippen LogP contribution in [0.1, 0.15) is 51.5 Å². The van der Waals surface area contributed by atoms with E-state index in [0.717, 1.165) is 40.7 Å². The Bertz CT molecular complexity index is 490. The summed E-state index contributed by atoms with van der Waals surface area (Å²) < 4.78 is 6.29. The van der Waals surface area contributed by atoms with Crippen molar-refractivity contribution in [2.75, 3.05) is 5.75 Å². The van der Waals surface area contributed by atoms with E-state index < -0.39 is 0 Å². The number of nitrogens with two attached hydrogens (primary N) is 1. The Balaban J connectivity index is 2.19. The van der Waals surface area contributed by atoms with Crippen molar-refractivity contribution in [2.24, 2.45) is 11.7 Å². The lowest BCUT2D eigenvalue weighted by Gasteiger charge is -2.29. The lowest BCUT2D eigenvalue weighted by Crippen LogP contribution is -2.26. The lowest BCUT2D eigenvalue weighted by molar-refractivity contribution is 0.121. The van der Waals surface area contributed by atoms with E-state index >= 15 is 0 Å². The summed E-state index contributed by atoms with van der Waals surface area (Å²) in [6.45, 7) is 4.40. The van der Waals surface area contributed by atoms with Gasteiger partial charge >= 0.3 is 0 Å². The van der Waals surface area contributed by atoms with Crippen molar-refractivity contribution < 1.29 is 4.74 Å². The number of ether oxygens (including phenoxy) is 1. The van der Waals surface area contributed by atoms with Gasteiger partial charge in [-0.25, -0.2) is 0 Å². The molecule has 21 heavy (non-hydrogen) atoms. The molecule has 0 heterocycles. The highest BCUT2D eigenvalue weighted by molar-refractivity contribution is 7.99. The average molecular weight is 324 g/mol. The molecule has 2 unspecified atom stereocenters. The Morgan fingerprint density at radius 2 is 2.19 bits per heavy atom. The summed E-state index contributed by atoms with van der Waals surface area (Å²) in [7, 11) is 0. The van der Waals surface area contributed by atoms with E-state index in [0.29, 0.717) is 11.1 Å². The summed E-state index contributed by atoms with van der Waals surface area (Å²) in [5.74, 6) is 2.66. The van der Waals surface area contributed by atoms with E-state index in [-0.39, 0.29) is 0 Å². The van der Waals surface area contributed by atoms with E-state index in [4.69, 9.17) is 22.7 Å². The molecular formula is C17H25NOS2. The number of hydrogen-bond acceptors (Lipinski definition) is 3. The van der Waals surface area contributed by atoms with Gasteiger partial charge in [0.1, 0.15) is 10.7 Å². The summed E-state index contributed by atoms with van der Waals surface area (Å²) >= 11 is 7.01. The number of benzene rings is 1.